The van der Waals surface area contributed by atoms with Gasteiger partial charge in [0.05, 0.1) is 22.7 Å². The van der Waals surface area contributed by atoms with Crippen LogP contribution in [0.4, 0.5) is 45.5 Å². The van der Waals surface area contributed by atoms with Crippen LogP contribution in [-0.4, -0.2) is 28.2 Å². The van der Waals surface area contributed by atoms with Crippen molar-refractivity contribution in [3.8, 4) is 0 Å². The van der Waals surface area contributed by atoms with Gasteiger partial charge in [-0.25, -0.2) is 0 Å². The Kier molecular flexibility index (Phi) is 10.4. The van der Waals surface area contributed by atoms with Crippen molar-refractivity contribution in [2.45, 2.75) is 52.4 Å². The zero-order valence-electron chi connectivity index (χ0n) is 38.6. The number of hydrogen-bond donors (Lipinski definition) is 0. The van der Waals surface area contributed by atoms with E-state index in [9.17, 15) is 0 Å². The zero-order chi connectivity index (χ0) is 44.3. The molecule has 4 heteroatoms. The highest BCUT2D eigenvalue weighted by Crippen LogP contribution is 2.52. The van der Waals surface area contributed by atoms with Gasteiger partial charge in [0, 0.05) is 72.5 Å². The van der Waals surface area contributed by atoms with Gasteiger partial charge < -0.3 is 19.6 Å². The summed E-state index contributed by atoms with van der Waals surface area (Å²) in [5, 5.41) is 12.7. The molecule has 64 heavy (non-hydrogen) atoms. The molecule has 0 aliphatic heterocycles. The molecule has 0 spiro atoms. The van der Waals surface area contributed by atoms with Crippen LogP contribution in [0, 0.1) is 0 Å². The Bertz CT molecular complexity index is 3300. The highest BCUT2D eigenvalue weighted by atomic mass is 15.2. The van der Waals surface area contributed by atoms with Gasteiger partial charge in [-0.15, -0.1) is 0 Å². The number of benzene rings is 10. The first kappa shape index (κ1) is 41.0. The largest absolute Gasteiger partial charge is 0.378 e. The SMILES string of the molecule is CCCC(C)(C)c1cc2c(N(c3ccc(N(C)C)cc3)c3cccc4ccccc34)cc(CC)c3ccc4c(N(c5ccc(N(C)C)cc5)c5cccc6ccccc56)ccc1c4c32. The van der Waals surface area contributed by atoms with E-state index in [0.29, 0.717) is 0 Å². The minimum Gasteiger partial charge on any atom is -0.378 e. The van der Waals surface area contributed by atoms with E-state index in [1.165, 1.54) is 93.4 Å². The van der Waals surface area contributed by atoms with Crippen LogP contribution in [0.1, 0.15) is 51.7 Å². The minimum absolute atomic E-state index is 0.0846. The fourth-order valence-electron chi connectivity index (χ4n) is 10.4. The summed E-state index contributed by atoms with van der Waals surface area (Å²) in [6.45, 7) is 9.53. The Morgan fingerprint density at radius 3 is 1.38 bits per heavy atom. The predicted octanol–water partition coefficient (Wildman–Crippen LogP) is 16.6. The Balaban J connectivity index is 1.35. The minimum atomic E-state index is -0.0846. The summed E-state index contributed by atoms with van der Waals surface area (Å²) in [6.07, 6.45) is 3.09. The summed E-state index contributed by atoms with van der Waals surface area (Å²) in [6, 6.07) is 63.9. The molecule has 10 aromatic rings. The molecule has 10 rings (SSSR count). The van der Waals surface area contributed by atoms with Crippen LogP contribution in [0.2, 0.25) is 0 Å². The first-order valence-electron chi connectivity index (χ1n) is 23.0. The highest BCUT2D eigenvalue weighted by Gasteiger charge is 2.29. The van der Waals surface area contributed by atoms with Gasteiger partial charge in [0.1, 0.15) is 0 Å². The summed E-state index contributed by atoms with van der Waals surface area (Å²) in [4.78, 5) is 9.39. The van der Waals surface area contributed by atoms with Crippen molar-refractivity contribution >= 4 is 99.4 Å². The van der Waals surface area contributed by atoms with Gasteiger partial charge in [0.25, 0.3) is 0 Å². The van der Waals surface area contributed by atoms with Crippen molar-refractivity contribution in [2.24, 2.45) is 0 Å². The number of anilines is 8. The second-order valence-electron chi connectivity index (χ2n) is 18.5. The van der Waals surface area contributed by atoms with Crippen LogP contribution in [0.15, 0.2) is 170 Å². The van der Waals surface area contributed by atoms with Crippen LogP contribution in [-0.2, 0) is 11.8 Å². The molecular formula is C60H58N4. The Labute approximate surface area is 378 Å². The van der Waals surface area contributed by atoms with Crippen molar-refractivity contribution in [1.29, 1.82) is 0 Å². The molecule has 0 saturated carbocycles. The molecule has 0 aromatic heterocycles. The van der Waals surface area contributed by atoms with E-state index in [4.69, 9.17) is 0 Å². The van der Waals surface area contributed by atoms with Crippen LogP contribution in [0.3, 0.4) is 0 Å². The molecular weight excluding hydrogens is 777 g/mol. The highest BCUT2D eigenvalue weighted by molar-refractivity contribution is 6.30. The van der Waals surface area contributed by atoms with Crippen molar-refractivity contribution in [3.05, 3.63) is 181 Å². The summed E-state index contributed by atoms with van der Waals surface area (Å²) in [7, 11) is 8.43. The standard InChI is InChI=1S/C60H58N4/c1-9-37-60(3,4)53-39-52-57(64(46-31-27-44(28-32-46)62(7)8)55-24-16-20-42-18-12-14-22-48(42)55)38-40(10-2)49-33-34-51-56(36-35-50(53)59(51)58(49)52)63(45-29-25-43(26-30-45)61(5)6)54-23-15-19-41-17-11-13-21-47(41)54/h11-36,38-39H,9-10,37H2,1-8H3. The van der Waals surface area contributed by atoms with E-state index >= 15 is 0 Å². The molecule has 0 aliphatic rings. The van der Waals surface area contributed by atoms with Crippen molar-refractivity contribution < 1.29 is 0 Å². The molecule has 0 heterocycles. The van der Waals surface area contributed by atoms with E-state index in [-0.39, 0.29) is 5.41 Å². The van der Waals surface area contributed by atoms with Gasteiger partial charge in [-0.05, 0) is 141 Å². The molecule has 0 radical (unpaired) electrons. The lowest BCUT2D eigenvalue weighted by Gasteiger charge is -2.33. The number of fused-ring (bicyclic) bond motifs is 2. The molecule has 10 aromatic carbocycles. The second kappa shape index (κ2) is 16.3. The summed E-state index contributed by atoms with van der Waals surface area (Å²) < 4.78 is 0. The van der Waals surface area contributed by atoms with Crippen molar-refractivity contribution in [2.75, 3.05) is 47.8 Å². The molecule has 0 fully saturated rings. The van der Waals surface area contributed by atoms with Crippen LogP contribution >= 0.6 is 0 Å². The van der Waals surface area contributed by atoms with Gasteiger partial charge in [-0.2, -0.15) is 0 Å². The first-order chi connectivity index (χ1) is 31.1. The van der Waals surface area contributed by atoms with Gasteiger partial charge in [0.2, 0.25) is 0 Å². The number of nitrogens with zero attached hydrogens (tertiary/aromatic N) is 4. The zero-order valence-corrected chi connectivity index (χ0v) is 38.6. The lowest BCUT2D eigenvalue weighted by Crippen LogP contribution is -2.18. The summed E-state index contributed by atoms with van der Waals surface area (Å²) in [5.41, 5.74) is 12.0. The molecule has 0 atom stereocenters. The van der Waals surface area contributed by atoms with E-state index < -0.39 is 0 Å². The van der Waals surface area contributed by atoms with Gasteiger partial charge in [0.15, 0.2) is 0 Å². The molecule has 0 N–H and O–H groups in total. The predicted molar refractivity (Wildman–Crippen MR) is 280 cm³/mol. The molecule has 318 valence electrons. The van der Waals surface area contributed by atoms with Crippen LogP contribution in [0.5, 0.6) is 0 Å². The molecule has 0 saturated heterocycles. The van der Waals surface area contributed by atoms with Crippen LogP contribution < -0.4 is 19.6 Å². The first-order valence-corrected chi connectivity index (χ1v) is 23.0. The topological polar surface area (TPSA) is 13.0 Å². The third kappa shape index (κ3) is 6.84. The Morgan fingerprint density at radius 1 is 0.391 bits per heavy atom. The number of rotatable bonds is 12. The average molecular weight is 835 g/mol. The van der Waals surface area contributed by atoms with E-state index in [0.717, 1.165) is 36.3 Å². The molecule has 0 unspecified atom stereocenters. The van der Waals surface area contributed by atoms with Crippen molar-refractivity contribution in [1.82, 2.24) is 0 Å². The Hall–Kier alpha value is -7.04. The number of hydrogen-bond acceptors (Lipinski definition) is 4. The van der Waals surface area contributed by atoms with Gasteiger partial charge in [-0.1, -0.05) is 125 Å². The maximum Gasteiger partial charge on any atom is 0.0543 e. The lowest BCUT2D eigenvalue weighted by molar-refractivity contribution is 0.477. The monoisotopic (exact) mass is 834 g/mol. The summed E-state index contributed by atoms with van der Waals surface area (Å²) in [5.74, 6) is 0. The van der Waals surface area contributed by atoms with Gasteiger partial charge in [-0.3, -0.25) is 0 Å². The van der Waals surface area contributed by atoms with Crippen molar-refractivity contribution in [3.63, 3.8) is 0 Å². The fourth-order valence-corrected chi connectivity index (χ4v) is 10.4. The lowest BCUT2D eigenvalue weighted by atomic mass is 9.75. The Morgan fingerprint density at radius 2 is 0.844 bits per heavy atom. The van der Waals surface area contributed by atoms with Crippen LogP contribution in [0.25, 0.3) is 53.9 Å². The smallest absolute Gasteiger partial charge is 0.0543 e. The second-order valence-corrected chi connectivity index (χ2v) is 18.5. The molecule has 0 aliphatic carbocycles. The molecule has 0 amide bonds. The normalized spacial score (nSPS) is 11.9. The average Bonchev–Trinajstić information content (AvgIpc) is 3.31. The quantitative estimate of drug-likeness (QED) is 0.114. The molecule has 4 nitrogen and oxygen atoms in total. The van der Waals surface area contributed by atoms with E-state index in [1.54, 1.807) is 0 Å². The van der Waals surface area contributed by atoms with E-state index in [1.807, 2.05) is 0 Å². The number of aryl methyl sites for hydroxylation is 1. The summed E-state index contributed by atoms with van der Waals surface area (Å²) >= 11 is 0. The third-order valence-corrected chi connectivity index (χ3v) is 13.7. The van der Waals surface area contributed by atoms with Gasteiger partial charge >= 0.3 is 0 Å². The fraction of sp³-hybridized carbons (Fsp3) is 0.200. The molecule has 0 bridgehead atoms. The third-order valence-electron chi connectivity index (χ3n) is 13.7. The maximum absolute atomic E-state index is 2.57. The maximum atomic E-state index is 2.57. The van der Waals surface area contributed by atoms with E-state index in [2.05, 4.69) is 245 Å².